The first-order valence-corrected chi connectivity index (χ1v) is 6.27. The van der Waals surface area contributed by atoms with Gasteiger partial charge in [-0.05, 0) is 25.1 Å². The third-order valence-electron chi connectivity index (χ3n) is 3.24. The molecule has 106 valence electrons. The van der Waals surface area contributed by atoms with E-state index in [2.05, 4.69) is 4.98 Å². The number of rotatable bonds is 1. The zero-order valence-corrected chi connectivity index (χ0v) is 11.2. The lowest BCUT2D eigenvalue weighted by atomic mass is 9.97. The number of pyridine rings is 1. The summed E-state index contributed by atoms with van der Waals surface area (Å²) in [4.78, 5) is 14.4. The second kappa shape index (κ2) is 5.04. The van der Waals surface area contributed by atoms with Gasteiger partial charge < -0.3 is 14.5 Å². The van der Waals surface area contributed by atoms with Crippen LogP contribution in [0.4, 0.5) is 4.39 Å². The third kappa shape index (κ3) is 2.28. The van der Waals surface area contributed by atoms with Crippen molar-refractivity contribution in [3.05, 3.63) is 51.2 Å². The molecule has 21 heavy (non-hydrogen) atoms. The number of nitrogens with one attached hydrogen (secondary N) is 1. The second-order valence-electron chi connectivity index (χ2n) is 4.73. The van der Waals surface area contributed by atoms with Crippen molar-refractivity contribution in [2.75, 3.05) is 6.79 Å². The lowest BCUT2D eigenvalue weighted by Crippen LogP contribution is -2.15. The van der Waals surface area contributed by atoms with E-state index in [1.54, 1.807) is 13.0 Å². The number of hydrogen-bond acceptors (Lipinski definition) is 4. The number of fused-ring (bicyclic) bond motifs is 1. The summed E-state index contributed by atoms with van der Waals surface area (Å²) in [6, 6.07) is 6.08. The van der Waals surface area contributed by atoms with Crippen molar-refractivity contribution in [3.63, 3.8) is 0 Å². The molecular weight excluding hydrogens is 275 g/mol. The summed E-state index contributed by atoms with van der Waals surface area (Å²) < 4.78 is 24.4. The summed E-state index contributed by atoms with van der Waals surface area (Å²) in [7, 11) is 0. The van der Waals surface area contributed by atoms with Gasteiger partial charge in [0.25, 0.3) is 5.56 Å². The molecule has 0 amide bonds. The molecule has 0 bridgehead atoms. The van der Waals surface area contributed by atoms with Gasteiger partial charge in [-0.25, -0.2) is 4.39 Å². The van der Waals surface area contributed by atoms with Gasteiger partial charge in [-0.3, -0.25) is 4.79 Å². The monoisotopic (exact) mass is 286 g/mol. The van der Waals surface area contributed by atoms with Gasteiger partial charge in [0.05, 0.1) is 6.61 Å². The molecule has 0 saturated carbocycles. The van der Waals surface area contributed by atoms with E-state index in [1.165, 1.54) is 12.1 Å². The zero-order chi connectivity index (χ0) is 15.0. The number of nitriles is 1. The molecule has 0 aliphatic carbocycles. The zero-order valence-electron chi connectivity index (χ0n) is 11.2. The van der Waals surface area contributed by atoms with E-state index < -0.39 is 11.4 Å². The summed E-state index contributed by atoms with van der Waals surface area (Å²) in [6.07, 6.45) is 0. The van der Waals surface area contributed by atoms with Crippen molar-refractivity contribution in [2.24, 2.45) is 0 Å². The highest BCUT2D eigenvalue weighted by Gasteiger charge is 2.21. The number of aromatic nitrogens is 1. The highest BCUT2D eigenvalue weighted by molar-refractivity contribution is 5.77. The molecule has 0 fully saturated rings. The Balaban J connectivity index is 2.34. The average molecular weight is 286 g/mol. The largest absolute Gasteiger partial charge is 0.467 e. The molecule has 1 aromatic heterocycles. The van der Waals surface area contributed by atoms with Gasteiger partial charge in [-0.1, -0.05) is 0 Å². The minimum absolute atomic E-state index is 0.0513. The SMILES string of the molecule is Cc1cc(-c2cc(F)cc3c2OCOC3)c(C#N)c(=O)[nH]1. The first kappa shape index (κ1) is 13.3. The number of aryl methyl sites for hydroxylation is 1. The van der Waals surface area contributed by atoms with Crippen molar-refractivity contribution >= 4 is 0 Å². The number of aromatic amines is 1. The second-order valence-corrected chi connectivity index (χ2v) is 4.73. The predicted octanol–water partition coefficient (Wildman–Crippen LogP) is 2.23. The normalized spacial score (nSPS) is 13.2. The lowest BCUT2D eigenvalue weighted by Gasteiger charge is -2.21. The van der Waals surface area contributed by atoms with Crippen LogP contribution in [0.2, 0.25) is 0 Å². The number of benzene rings is 1. The Labute approximate surface area is 119 Å². The molecule has 0 unspecified atom stereocenters. The first-order chi connectivity index (χ1) is 10.1. The Hall–Kier alpha value is -2.65. The van der Waals surface area contributed by atoms with Crippen LogP contribution in [0.15, 0.2) is 23.0 Å². The van der Waals surface area contributed by atoms with Gasteiger partial charge in [-0.15, -0.1) is 0 Å². The number of halogens is 1. The number of hydrogen-bond donors (Lipinski definition) is 1. The Morgan fingerprint density at radius 3 is 2.90 bits per heavy atom. The van der Waals surface area contributed by atoms with Gasteiger partial charge in [0.15, 0.2) is 6.79 Å². The number of ether oxygens (including phenoxy) is 2. The maximum atomic E-state index is 13.8. The van der Waals surface area contributed by atoms with Crippen LogP contribution in [-0.4, -0.2) is 11.8 Å². The minimum atomic E-state index is -0.502. The van der Waals surface area contributed by atoms with Crippen molar-refractivity contribution in [3.8, 4) is 22.9 Å². The summed E-state index contributed by atoms with van der Waals surface area (Å²) in [5, 5.41) is 9.20. The van der Waals surface area contributed by atoms with Crippen LogP contribution in [0.25, 0.3) is 11.1 Å². The summed E-state index contributed by atoms with van der Waals surface area (Å²) in [5.41, 5.74) is 1.31. The van der Waals surface area contributed by atoms with E-state index >= 15 is 0 Å². The highest BCUT2D eigenvalue weighted by atomic mass is 19.1. The molecule has 3 rings (SSSR count). The summed E-state index contributed by atoms with van der Waals surface area (Å²) in [6.45, 7) is 1.97. The van der Waals surface area contributed by atoms with Crippen molar-refractivity contribution in [1.82, 2.24) is 4.98 Å². The quantitative estimate of drug-likeness (QED) is 0.872. The van der Waals surface area contributed by atoms with Gasteiger partial charge in [0, 0.05) is 22.4 Å². The highest BCUT2D eigenvalue weighted by Crippen LogP contribution is 2.37. The Morgan fingerprint density at radius 1 is 1.33 bits per heavy atom. The maximum absolute atomic E-state index is 13.8. The van der Waals surface area contributed by atoms with E-state index in [4.69, 9.17) is 9.47 Å². The molecule has 5 nitrogen and oxygen atoms in total. The van der Waals surface area contributed by atoms with Crippen LogP contribution in [0, 0.1) is 24.1 Å². The Bertz CT molecular complexity index is 821. The van der Waals surface area contributed by atoms with Crippen molar-refractivity contribution < 1.29 is 13.9 Å². The van der Waals surface area contributed by atoms with E-state index in [9.17, 15) is 14.4 Å². The van der Waals surface area contributed by atoms with Crippen LogP contribution in [0.5, 0.6) is 5.75 Å². The van der Waals surface area contributed by atoms with Gasteiger partial charge in [-0.2, -0.15) is 5.26 Å². The maximum Gasteiger partial charge on any atom is 0.266 e. The van der Waals surface area contributed by atoms with E-state index in [0.29, 0.717) is 28.1 Å². The van der Waals surface area contributed by atoms with Crippen molar-refractivity contribution in [1.29, 1.82) is 5.26 Å². The molecule has 2 heterocycles. The molecule has 0 spiro atoms. The molecule has 2 aromatic rings. The first-order valence-electron chi connectivity index (χ1n) is 6.27. The van der Waals surface area contributed by atoms with Crippen molar-refractivity contribution in [2.45, 2.75) is 13.5 Å². The number of H-pyrrole nitrogens is 1. The summed E-state index contributed by atoms with van der Waals surface area (Å²) >= 11 is 0. The minimum Gasteiger partial charge on any atom is -0.467 e. The van der Waals surface area contributed by atoms with Gasteiger partial charge in [0.2, 0.25) is 0 Å². The number of nitrogens with zero attached hydrogens (tertiary/aromatic N) is 1. The smallest absolute Gasteiger partial charge is 0.266 e. The lowest BCUT2D eigenvalue weighted by molar-refractivity contribution is -0.0161. The molecule has 1 N–H and O–H groups in total. The Kier molecular flexibility index (Phi) is 3.20. The van der Waals surface area contributed by atoms with Gasteiger partial charge >= 0.3 is 0 Å². The fraction of sp³-hybridized carbons (Fsp3) is 0.200. The average Bonchev–Trinajstić information content (AvgIpc) is 2.45. The van der Waals surface area contributed by atoms with Crippen LogP contribution in [0.3, 0.4) is 0 Å². The van der Waals surface area contributed by atoms with Gasteiger partial charge in [0.1, 0.15) is 23.2 Å². The molecule has 0 atom stereocenters. The standard InChI is InChI=1S/C15H11FN2O3/c1-8-2-11(13(5-17)15(19)18-8)12-4-10(16)3-9-6-20-7-21-14(9)12/h2-4H,6-7H2,1H3,(H,18,19). The van der Waals surface area contributed by atoms with E-state index in [1.807, 2.05) is 6.07 Å². The molecular formula is C15H11FN2O3. The topological polar surface area (TPSA) is 75.1 Å². The fourth-order valence-corrected chi connectivity index (χ4v) is 2.39. The summed E-state index contributed by atoms with van der Waals surface area (Å²) in [5.74, 6) is -0.0242. The van der Waals surface area contributed by atoms with E-state index in [-0.39, 0.29) is 19.0 Å². The van der Waals surface area contributed by atoms with Crippen LogP contribution in [0.1, 0.15) is 16.8 Å². The Morgan fingerprint density at radius 2 is 2.14 bits per heavy atom. The molecule has 0 saturated heterocycles. The van der Waals surface area contributed by atoms with Crippen LogP contribution in [-0.2, 0) is 11.3 Å². The van der Waals surface area contributed by atoms with Crippen LogP contribution < -0.4 is 10.3 Å². The molecule has 1 aromatic carbocycles. The molecule has 0 radical (unpaired) electrons. The molecule has 1 aliphatic rings. The van der Waals surface area contributed by atoms with E-state index in [0.717, 1.165) is 0 Å². The van der Waals surface area contributed by atoms with Crippen LogP contribution >= 0.6 is 0 Å². The molecule has 1 aliphatic heterocycles. The third-order valence-corrected chi connectivity index (χ3v) is 3.24. The predicted molar refractivity (Wildman–Crippen MR) is 72.2 cm³/mol. The fourth-order valence-electron chi connectivity index (χ4n) is 2.39. The molecule has 6 heteroatoms.